The van der Waals surface area contributed by atoms with Crippen LogP contribution in [0.15, 0.2) is 24.3 Å². The van der Waals surface area contributed by atoms with Crippen LogP contribution in [0.5, 0.6) is 0 Å². The van der Waals surface area contributed by atoms with Gasteiger partial charge < -0.3 is 15.0 Å². The third-order valence-corrected chi connectivity index (χ3v) is 5.49. The van der Waals surface area contributed by atoms with Crippen LogP contribution < -0.4 is 5.32 Å². The largest absolute Gasteiger partial charge is 0.383 e. The number of methoxy groups -OCH3 is 1. The standard InChI is InChI=1S/C19H28N2O3S/c1-13(2)10-17-21(19(23)15-7-5-6-14(3)11-15)16(12-25-17)18(22)20-8-9-24-4/h5-7,11,13,16-17H,8-10,12H2,1-4H3,(H,20,22). The van der Waals surface area contributed by atoms with E-state index in [1.165, 1.54) is 0 Å². The highest BCUT2D eigenvalue weighted by atomic mass is 32.2. The van der Waals surface area contributed by atoms with Crippen molar-refractivity contribution in [2.45, 2.75) is 38.6 Å². The number of carbonyl (C=O) groups excluding carboxylic acids is 2. The fourth-order valence-corrected chi connectivity index (χ4v) is 4.58. The van der Waals surface area contributed by atoms with Gasteiger partial charge in [0.1, 0.15) is 6.04 Å². The number of nitrogens with one attached hydrogen (secondary N) is 1. The summed E-state index contributed by atoms with van der Waals surface area (Å²) >= 11 is 1.69. The molecule has 1 aromatic carbocycles. The number of carbonyl (C=O) groups is 2. The van der Waals surface area contributed by atoms with Crippen LogP contribution in [0.2, 0.25) is 0 Å². The minimum Gasteiger partial charge on any atom is -0.383 e. The van der Waals surface area contributed by atoms with E-state index < -0.39 is 6.04 Å². The van der Waals surface area contributed by atoms with Crippen molar-refractivity contribution in [3.8, 4) is 0 Å². The van der Waals surface area contributed by atoms with Gasteiger partial charge in [0, 0.05) is 25.0 Å². The van der Waals surface area contributed by atoms with E-state index >= 15 is 0 Å². The lowest BCUT2D eigenvalue weighted by molar-refractivity contribution is -0.125. The van der Waals surface area contributed by atoms with Crippen LogP contribution in [0.4, 0.5) is 0 Å². The number of amides is 2. The maximum Gasteiger partial charge on any atom is 0.255 e. The lowest BCUT2D eigenvalue weighted by atomic mass is 10.1. The molecule has 1 N–H and O–H groups in total. The number of aryl methyl sites for hydroxylation is 1. The lowest BCUT2D eigenvalue weighted by Gasteiger charge is -2.30. The Hall–Kier alpha value is -1.53. The van der Waals surface area contributed by atoms with E-state index in [2.05, 4.69) is 19.2 Å². The molecule has 2 amide bonds. The third kappa shape index (κ3) is 5.22. The molecule has 2 rings (SSSR count). The molecule has 5 nitrogen and oxygen atoms in total. The molecule has 0 aliphatic carbocycles. The summed E-state index contributed by atoms with van der Waals surface area (Å²) < 4.78 is 4.98. The fourth-order valence-electron chi connectivity index (χ4n) is 2.94. The Morgan fingerprint density at radius 3 is 2.80 bits per heavy atom. The summed E-state index contributed by atoms with van der Waals surface area (Å²) in [5.41, 5.74) is 1.69. The maximum absolute atomic E-state index is 13.1. The molecule has 138 valence electrons. The highest BCUT2D eigenvalue weighted by molar-refractivity contribution is 8.00. The molecule has 1 aliphatic rings. The van der Waals surface area contributed by atoms with Gasteiger partial charge >= 0.3 is 0 Å². The Kier molecular flexibility index (Phi) is 7.32. The number of nitrogens with zero attached hydrogens (tertiary/aromatic N) is 1. The predicted molar refractivity (Wildman–Crippen MR) is 102 cm³/mol. The Labute approximate surface area is 154 Å². The SMILES string of the molecule is COCCNC(=O)C1CSC(CC(C)C)N1C(=O)c1cccc(C)c1. The van der Waals surface area contributed by atoms with Gasteiger partial charge in [0.25, 0.3) is 5.91 Å². The Balaban J connectivity index is 2.21. The average molecular weight is 365 g/mol. The number of thioether (sulfide) groups is 1. The minimum atomic E-state index is -0.432. The van der Waals surface area contributed by atoms with Crippen molar-refractivity contribution in [3.63, 3.8) is 0 Å². The molecule has 0 bridgehead atoms. The first-order valence-corrected chi connectivity index (χ1v) is 9.76. The molecule has 1 saturated heterocycles. The summed E-state index contributed by atoms with van der Waals surface area (Å²) in [5, 5.41) is 2.91. The van der Waals surface area contributed by atoms with Crippen LogP contribution in [0.3, 0.4) is 0 Å². The van der Waals surface area contributed by atoms with Crippen LogP contribution in [0, 0.1) is 12.8 Å². The van der Waals surface area contributed by atoms with E-state index in [0.717, 1.165) is 12.0 Å². The molecular weight excluding hydrogens is 336 g/mol. The van der Waals surface area contributed by atoms with Crippen LogP contribution in [0.25, 0.3) is 0 Å². The first-order chi connectivity index (χ1) is 11.9. The van der Waals surface area contributed by atoms with Crippen molar-refractivity contribution in [1.29, 1.82) is 0 Å². The molecule has 1 aromatic rings. The second-order valence-corrected chi connectivity index (χ2v) is 8.01. The van der Waals surface area contributed by atoms with Gasteiger partial charge in [-0.15, -0.1) is 11.8 Å². The van der Waals surface area contributed by atoms with Gasteiger partial charge in [-0.3, -0.25) is 9.59 Å². The maximum atomic E-state index is 13.1. The lowest BCUT2D eigenvalue weighted by Crippen LogP contribution is -2.50. The second kappa shape index (κ2) is 9.25. The summed E-state index contributed by atoms with van der Waals surface area (Å²) in [5.74, 6) is 0.928. The van der Waals surface area contributed by atoms with Crippen molar-refractivity contribution >= 4 is 23.6 Å². The smallest absolute Gasteiger partial charge is 0.255 e. The van der Waals surface area contributed by atoms with Gasteiger partial charge in [0.2, 0.25) is 5.91 Å². The second-order valence-electron chi connectivity index (χ2n) is 6.80. The molecule has 25 heavy (non-hydrogen) atoms. The highest BCUT2D eigenvalue weighted by Crippen LogP contribution is 2.34. The number of benzene rings is 1. The number of rotatable bonds is 7. The molecule has 0 saturated carbocycles. The fraction of sp³-hybridized carbons (Fsp3) is 0.579. The minimum absolute atomic E-state index is 0.0335. The van der Waals surface area contributed by atoms with Crippen LogP contribution in [0.1, 0.15) is 36.2 Å². The molecule has 2 atom stereocenters. The Morgan fingerprint density at radius 1 is 1.40 bits per heavy atom. The van der Waals surface area contributed by atoms with Crippen LogP contribution >= 0.6 is 11.8 Å². The number of hydrogen-bond donors (Lipinski definition) is 1. The van der Waals surface area contributed by atoms with Crippen LogP contribution in [-0.2, 0) is 9.53 Å². The van der Waals surface area contributed by atoms with E-state index in [4.69, 9.17) is 4.74 Å². The third-order valence-electron chi connectivity index (χ3n) is 4.17. The topological polar surface area (TPSA) is 58.6 Å². The van der Waals surface area contributed by atoms with E-state index in [1.54, 1.807) is 23.8 Å². The zero-order chi connectivity index (χ0) is 18.4. The van der Waals surface area contributed by atoms with Crippen molar-refractivity contribution in [2.24, 2.45) is 5.92 Å². The summed E-state index contributed by atoms with van der Waals surface area (Å²) in [6.45, 7) is 7.17. The van der Waals surface area contributed by atoms with E-state index in [0.29, 0.717) is 30.4 Å². The molecule has 0 radical (unpaired) electrons. The summed E-state index contributed by atoms with van der Waals surface area (Å²) in [6, 6.07) is 7.13. The van der Waals surface area contributed by atoms with Crippen molar-refractivity contribution in [1.82, 2.24) is 10.2 Å². The molecule has 1 fully saturated rings. The van der Waals surface area contributed by atoms with Crippen molar-refractivity contribution in [3.05, 3.63) is 35.4 Å². The number of ether oxygens (including phenoxy) is 1. The van der Waals surface area contributed by atoms with Gasteiger partial charge in [0.15, 0.2) is 0 Å². The van der Waals surface area contributed by atoms with E-state index in [1.807, 2.05) is 31.2 Å². The number of hydrogen-bond acceptors (Lipinski definition) is 4. The van der Waals surface area contributed by atoms with Gasteiger partial charge in [0.05, 0.1) is 12.0 Å². The Bertz CT molecular complexity index is 606. The van der Waals surface area contributed by atoms with E-state index in [-0.39, 0.29) is 17.2 Å². The first-order valence-electron chi connectivity index (χ1n) is 8.71. The predicted octanol–water partition coefficient (Wildman–Crippen LogP) is 2.69. The molecule has 1 aliphatic heterocycles. The monoisotopic (exact) mass is 364 g/mol. The zero-order valence-corrected chi connectivity index (χ0v) is 16.3. The molecule has 0 spiro atoms. The quantitative estimate of drug-likeness (QED) is 0.756. The van der Waals surface area contributed by atoms with Gasteiger partial charge in [-0.05, 0) is 31.4 Å². The van der Waals surface area contributed by atoms with Gasteiger partial charge in [-0.2, -0.15) is 0 Å². The van der Waals surface area contributed by atoms with Crippen LogP contribution in [-0.4, -0.2) is 54.1 Å². The van der Waals surface area contributed by atoms with E-state index in [9.17, 15) is 9.59 Å². The van der Waals surface area contributed by atoms with Gasteiger partial charge in [-0.25, -0.2) is 0 Å². The average Bonchev–Trinajstić information content (AvgIpc) is 2.97. The normalized spacial score (nSPS) is 20.1. The Morgan fingerprint density at radius 2 is 2.16 bits per heavy atom. The summed E-state index contributed by atoms with van der Waals surface area (Å²) in [6.07, 6.45) is 0.879. The molecular formula is C19H28N2O3S. The van der Waals surface area contributed by atoms with Crippen molar-refractivity contribution < 1.29 is 14.3 Å². The summed E-state index contributed by atoms with van der Waals surface area (Å²) in [7, 11) is 1.60. The molecule has 1 heterocycles. The van der Waals surface area contributed by atoms with Gasteiger partial charge in [-0.1, -0.05) is 31.5 Å². The van der Waals surface area contributed by atoms with Crippen molar-refractivity contribution in [2.75, 3.05) is 26.0 Å². The highest BCUT2D eigenvalue weighted by Gasteiger charge is 2.41. The summed E-state index contributed by atoms with van der Waals surface area (Å²) in [4.78, 5) is 27.5. The zero-order valence-electron chi connectivity index (χ0n) is 15.5. The molecule has 6 heteroatoms. The first kappa shape index (κ1) is 19.8. The molecule has 0 aromatic heterocycles. The molecule has 2 unspecified atom stereocenters.